The molecule has 0 unspecified atom stereocenters. The third-order valence-corrected chi connectivity index (χ3v) is 6.14. The standard InChI is InChI=1S/C23H18F5N7O2/c24-15-7-12(21(36)37)1-2-17(15)33-19-18-16(25)10-35(20(18)32-11-31-19)14-3-5-34(6-4-14)22-29-8-13(9-30-22)23(26,27)28/h1-2,7-11,14H,3-6H2,(H,36,37)(H,31,32,33). The highest BCUT2D eigenvalue weighted by Gasteiger charge is 2.32. The molecular formula is C23H18F5N7O2. The van der Waals surface area contributed by atoms with Crippen molar-refractivity contribution in [3.8, 4) is 0 Å². The van der Waals surface area contributed by atoms with E-state index < -0.39 is 29.3 Å². The summed E-state index contributed by atoms with van der Waals surface area (Å²) in [4.78, 5) is 28.7. The molecule has 14 heteroatoms. The second-order valence-corrected chi connectivity index (χ2v) is 8.42. The molecule has 2 N–H and O–H groups in total. The highest BCUT2D eigenvalue weighted by molar-refractivity contribution is 5.91. The number of nitrogens with zero attached hydrogens (tertiary/aromatic N) is 6. The molecule has 1 fully saturated rings. The normalized spacial score (nSPS) is 14.8. The number of carboxylic acids is 1. The molecule has 0 amide bonds. The van der Waals surface area contributed by atoms with Gasteiger partial charge in [-0.1, -0.05) is 0 Å². The first-order chi connectivity index (χ1) is 17.6. The number of carboxylic acid groups (broad SMARTS) is 1. The van der Waals surface area contributed by atoms with Gasteiger partial charge >= 0.3 is 12.1 Å². The molecule has 0 saturated carbocycles. The number of hydrogen-bond donors (Lipinski definition) is 2. The first-order valence-electron chi connectivity index (χ1n) is 11.1. The van der Waals surface area contributed by atoms with Crippen molar-refractivity contribution in [2.24, 2.45) is 0 Å². The van der Waals surface area contributed by atoms with E-state index in [-0.39, 0.29) is 40.1 Å². The van der Waals surface area contributed by atoms with Crippen LogP contribution in [0, 0.1) is 11.6 Å². The van der Waals surface area contributed by atoms with Crippen molar-refractivity contribution < 1.29 is 31.9 Å². The largest absolute Gasteiger partial charge is 0.478 e. The fourth-order valence-electron chi connectivity index (χ4n) is 4.26. The Kier molecular flexibility index (Phi) is 6.09. The Bertz CT molecular complexity index is 1470. The molecule has 1 saturated heterocycles. The second-order valence-electron chi connectivity index (χ2n) is 8.42. The number of nitrogens with one attached hydrogen (secondary N) is 1. The topological polar surface area (TPSA) is 109 Å². The molecule has 0 radical (unpaired) electrons. The number of aromatic nitrogens is 5. The Morgan fingerprint density at radius 2 is 1.73 bits per heavy atom. The van der Waals surface area contributed by atoms with Crippen LogP contribution in [0.1, 0.15) is 34.8 Å². The van der Waals surface area contributed by atoms with Gasteiger partial charge in [-0.05, 0) is 31.0 Å². The van der Waals surface area contributed by atoms with Gasteiger partial charge in [-0.2, -0.15) is 13.2 Å². The molecular weight excluding hydrogens is 501 g/mol. The average molecular weight is 519 g/mol. The van der Waals surface area contributed by atoms with Gasteiger partial charge in [0.05, 0.1) is 22.2 Å². The third kappa shape index (κ3) is 4.73. The third-order valence-electron chi connectivity index (χ3n) is 6.14. The lowest BCUT2D eigenvalue weighted by Crippen LogP contribution is -2.35. The van der Waals surface area contributed by atoms with Crippen molar-refractivity contribution in [2.45, 2.75) is 25.1 Å². The van der Waals surface area contributed by atoms with E-state index >= 15 is 4.39 Å². The van der Waals surface area contributed by atoms with Gasteiger partial charge in [-0.15, -0.1) is 0 Å². The average Bonchev–Trinajstić information content (AvgIpc) is 3.22. The van der Waals surface area contributed by atoms with Crippen LogP contribution in [-0.4, -0.2) is 48.7 Å². The summed E-state index contributed by atoms with van der Waals surface area (Å²) in [5, 5.41) is 11.7. The maximum Gasteiger partial charge on any atom is 0.419 e. The lowest BCUT2D eigenvalue weighted by Gasteiger charge is -2.32. The van der Waals surface area contributed by atoms with Crippen LogP contribution in [0.5, 0.6) is 0 Å². The number of fused-ring (bicyclic) bond motifs is 1. The molecule has 5 rings (SSSR count). The van der Waals surface area contributed by atoms with Crippen LogP contribution in [0.4, 0.5) is 39.4 Å². The first-order valence-corrected chi connectivity index (χ1v) is 11.1. The lowest BCUT2D eigenvalue weighted by atomic mass is 10.1. The molecule has 0 spiro atoms. The number of alkyl halides is 3. The van der Waals surface area contributed by atoms with Crippen LogP contribution >= 0.6 is 0 Å². The first kappa shape index (κ1) is 24.3. The SMILES string of the molecule is O=C(O)c1ccc(Nc2ncnc3c2c(F)cn3C2CCN(c3ncc(C(F)(F)F)cn3)CC2)c(F)c1. The number of benzene rings is 1. The molecule has 0 aliphatic carbocycles. The number of anilines is 3. The second kappa shape index (κ2) is 9.26. The summed E-state index contributed by atoms with van der Waals surface area (Å²) in [6, 6.07) is 3.10. The minimum atomic E-state index is -4.52. The van der Waals surface area contributed by atoms with Gasteiger partial charge in [0.25, 0.3) is 0 Å². The molecule has 1 aliphatic rings. The Morgan fingerprint density at radius 1 is 1.03 bits per heavy atom. The highest BCUT2D eigenvalue weighted by atomic mass is 19.4. The highest BCUT2D eigenvalue weighted by Crippen LogP contribution is 2.34. The minimum absolute atomic E-state index is 0.0128. The molecule has 4 heterocycles. The van der Waals surface area contributed by atoms with Crippen molar-refractivity contribution in [1.82, 2.24) is 24.5 Å². The quantitative estimate of drug-likeness (QED) is 0.362. The Labute approximate surface area is 205 Å². The number of hydrogen-bond acceptors (Lipinski definition) is 7. The maximum atomic E-state index is 15.0. The van der Waals surface area contributed by atoms with E-state index in [9.17, 15) is 22.4 Å². The van der Waals surface area contributed by atoms with Crippen LogP contribution in [-0.2, 0) is 6.18 Å². The van der Waals surface area contributed by atoms with E-state index in [0.29, 0.717) is 25.9 Å². The van der Waals surface area contributed by atoms with Gasteiger partial charge in [0.2, 0.25) is 5.95 Å². The lowest BCUT2D eigenvalue weighted by molar-refractivity contribution is -0.138. The van der Waals surface area contributed by atoms with Crippen molar-refractivity contribution in [2.75, 3.05) is 23.3 Å². The molecule has 192 valence electrons. The number of carbonyl (C=O) groups is 1. The summed E-state index contributed by atoms with van der Waals surface area (Å²) < 4.78 is 69.4. The molecule has 3 aromatic heterocycles. The van der Waals surface area contributed by atoms with E-state index in [1.54, 1.807) is 9.47 Å². The van der Waals surface area contributed by atoms with Gasteiger partial charge in [0.15, 0.2) is 5.82 Å². The summed E-state index contributed by atoms with van der Waals surface area (Å²) in [6.07, 6.45) is 0.490. The number of halogens is 5. The summed E-state index contributed by atoms with van der Waals surface area (Å²) in [6.45, 7) is 0.850. The van der Waals surface area contributed by atoms with Gasteiger partial charge in [-0.3, -0.25) is 0 Å². The predicted octanol–water partition coefficient (Wildman–Crippen LogP) is 4.80. The van der Waals surface area contributed by atoms with Gasteiger partial charge in [0, 0.05) is 37.7 Å². The minimum Gasteiger partial charge on any atom is -0.478 e. The fraction of sp³-hybridized carbons (Fsp3) is 0.261. The summed E-state index contributed by atoms with van der Waals surface area (Å²) >= 11 is 0. The van der Waals surface area contributed by atoms with Crippen LogP contribution < -0.4 is 10.2 Å². The van der Waals surface area contributed by atoms with E-state index in [1.165, 1.54) is 24.7 Å². The molecule has 1 aromatic carbocycles. The van der Waals surface area contributed by atoms with Crippen LogP contribution in [0.25, 0.3) is 11.0 Å². The number of rotatable bonds is 5. The fourth-order valence-corrected chi connectivity index (χ4v) is 4.26. The van der Waals surface area contributed by atoms with E-state index in [2.05, 4.69) is 25.3 Å². The molecule has 4 aromatic rings. The Morgan fingerprint density at radius 3 is 2.35 bits per heavy atom. The zero-order valence-corrected chi connectivity index (χ0v) is 18.9. The number of piperidine rings is 1. The predicted molar refractivity (Wildman–Crippen MR) is 122 cm³/mol. The van der Waals surface area contributed by atoms with Gasteiger partial charge in [-0.25, -0.2) is 33.5 Å². The van der Waals surface area contributed by atoms with Gasteiger partial charge < -0.3 is 19.9 Å². The van der Waals surface area contributed by atoms with E-state index in [1.807, 2.05) is 0 Å². The molecule has 0 atom stereocenters. The van der Waals surface area contributed by atoms with Crippen molar-refractivity contribution in [1.29, 1.82) is 0 Å². The van der Waals surface area contributed by atoms with Crippen LogP contribution in [0.3, 0.4) is 0 Å². The van der Waals surface area contributed by atoms with Crippen LogP contribution in [0.2, 0.25) is 0 Å². The number of aromatic carboxylic acids is 1. The molecule has 37 heavy (non-hydrogen) atoms. The monoisotopic (exact) mass is 519 g/mol. The summed E-state index contributed by atoms with van der Waals surface area (Å²) in [7, 11) is 0. The zero-order chi connectivity index (χ0) is 26.3. The zero-order valence-electron chi connectivity index (χ0n) is 18.9. The van der Waals surface area contributed by atoms with Crippen molar-refractivity contribution in [3.05, 3.63) is 65.9 Å². The summed E-state index contributed by atoms with van der Waals surface area (Å²) in [5.74, 6) is -2.56. The van der Waals surface area contributed by atoms with Crippen LogP contribution in [0.15, 0.2) is 43.1 Å². The smallest absolute Gasteiger partial charge is 0.419 e. The Balaban J connectivity index is 1.35. The van der Waals surface area contributed by atoms with Gasteiger partial charge in [0.1, 0.15) is 23.6 Å². The molecule has 1 aliphatic heterocycles. The summed E-state index contributed by atoms with van der Waals surface area (Å²) in [5.41, 5.74) is -0.965. The molecule has 9 nitrogen and oxygen atoms in total. The van der Waals surface area contributed by atoms with Crippen molar-refractivity contribution in [3.63, 3.8) is 0 Å². The Hall–Kier alpha value is -4.36. The maximum absolute atomic E-state index is 15.0. The van der Waals surface area contributed by atoms with E-state index in [0.717, 1.165) is 18.5 Å². The van der Waals surface area contributed by atoms with Crippen molar-refractivity contribution >= 4 is 34.5 Å². The molecule has 0 bridgehead atoms. The van der Waals surface area contributed by atoms with E-state index in [4.69, 9.17) is 5.11 Å².